The molecule has 1 rings (SSSR count). The van der Waals surface area contributed by atoms with Crippen LogP contribution in [0.5, 0.6) is 0 Å². The molecule has 0 atom stereocenters. The SMILES string of the molecule is CNCCC#Cc1c(Cl)cccc1C(=O)O. The van der Waals surface area contributed by atoms with Gasteiger partial charge in [-0.2, -0.15) is 0 Å². The lowest BCUT2D eigenvalue weighted by molar-refractivity contribution is 0.0696. The van der Waals surface area contributed by atoms with Gasteiger partial charge in [0.2, 0.25) is 0 Å². The van der Waals surface area contributed by atoms with Crippen molar-refractivity contribution in [2.45, 2.75) is 6.42 Å². The van der Waals surface area contributed by atoms with Crippen LogP contribution in [0.25, 0.3) is 0 Å². The van der Waals surface area contributed by atoms with Crippen molar-refractivity contribution in [2.24, 2.45) is 0 Å². The minimum Gasteiger partial charge on any atom is -0.478 e. The van der Waals surface area contributed by atoms with E-state index < -0.39 is 5.97 Å². The number of halogens is 1. The molecule has 1 aromatic carbocycles. The zero-order chi connectivity index (χ0) is 12.0. The Morgan fingerprint density at radius 3 is 2.94 bits per heavy atom. The first-order valence-corrected chi connectivity index (χ1v) is 5.20. The van der Waals surface area contributed by atoms with Gasteiger partial charge in [0, 0.05) is 13.0 Å². The van der Waals surface area contributed by atoms with Crippen molar-refractivity contribution in [1.29, 1.82) is 0 Å². The first-order valence-electron chi connectivity index (χ1n) is 4.82. The average Bonchev–Trinajstić information content (AvgIpc) is 2.25. The van der Waals surface area contributed by atoms with Crippen molar-refractivity contribution in [3.8, 4) is 11.8 Å². The molecule has 0 aliphatic heterocycles. The van der Waals surface area contributed by atoms with Crippen LogP contribution in [0, 0.1) is 11.8 Å². The van der Waals surface area contributed by atoms with Gasteiger partial charge in [0.05, 0.1) is 16.1 Å². The molecular formula is C12H12ClNO2. The van der Waals surface area contributed by atoms with Gasteiger partial charge in [0.15, 0.2) is 0 Å². The van der Waals surface area contributed by atoms with E-state index in [9.17, 15) is 4.79 Å². The van der Waals surface area contributed by atoms with Gasteiger partial charge < -0.3 is 10.4 Å². The molecule has 0 aliphatic rings. The van der Waals surface area contributed by atoms with E-state index in [1.807, 2.05) is 7.05 Å². The Morgan fingerprint density at radius 2 is 2.31 bits per heavy atom. The zero-order valence-electron chi connectivity index (χ0n) is 8.88. The Labute approximate surface area is 99.4 Å². The lowest BCUT2D eigenvalue weighted by Gasteiger charge is -2.00. The quantitative estimate of drug-likeness (QED) is 0.625. The number of nitrogens with one attached hydrogen (secondary N) is 1. The Balaban J connectivity index is 3.00. The van der Waals surface area contributed by atoms with E-state index in [2.05, 4.69) is 17.2 Å². The summed E-state index contributed by atoms with van der Waals surface area (Å²) in [6.07, 6.45) is 0.654. The van der Waals surface area contributed by atoms with Crippen molar-refractivity contribution in [3.05, 3.63) is 34.3 Å². The van der Waals surface area contributed by atoms with Gasteiger partial charge in [-0.3, -0.25) is 0 Å². The predicted molar refractivity (Wildman–Crippen MR) is 63.8 cm³/mol. The number of hydrogen-bond acceptors (Lipinski definition) is 2. The van der Waals surface area contributed by atoms with Crippen LogP contribution in [0.2, 0.25) is 5.02 Å². The van der Waals surface area contributed by atoms with Crippen molar-refractivity contribution < 1.29 is 9.90 Å². The van der Waals surface area contributed by atoms with Crippen LogP contribution in [0.1, 0.15) is 22.3 Å². The van der Waals surface area contributed by atoms with E-state index in [1.165, 1.54) is 6.07 Å². The number of hydrogen-bond donors (Lipinski definition) is 2. The monoisotopic (exact) mass is 237 g/mol. The fourth-order valence-electron chi connectivity index (χ4n) is 1.17. The molecule has 0 saturated carbocycles. The van der Waals surface area contributed by atoms with E-state index in [0.717, 1.165) is 6.54 Å². The summed E-state index contributed by atoms with van der Waals surface area (Å²) in [6.45, 7) is 0.764. The van der Waals surface area contributed by atoms with E-state index in [-0.39, 0.29) is 5.56 Å². The summed E-state index contributed by atoms with van der Waals surface area (Å²) in [5, 5.41) is 12.3. The van der Waals surface area contributed by atoms with Gasteiger partial charge >= 0.3 is 5.97 Å². The summed E-state index contributed by atoms with van der Waals surface area (Å²) < 4.78 is 0. The Kier molecular flexibility index (Phi) is 4.84. The normalized spacial score (nSPS) is 9.38. The second-order valence-corrected chi connectivity index (χ2v) is 3.53. The van der Waals surface area contributed by atoms with Gasteiger partial charge in [-0.05, 0) is 19.2 Å². The summed E-state index contributed by atoms with van der Waals surface area (Å²) in [5.74, 6) is 4.66. The molecule has 0 radical (unpaired) electrons. The molecule has 0 heterocycles. The number of carboxylic acid groups (broad SMARTS) is 1. The van der Waals surface area contributed by atoms with Gasteiger partial charge in [0.25, 0.3) is 0 Å². The maximum Gasteiger partial charge on any atom is 0.337 e. The fourth-order valence-corrected chi connectivity index (χ4v) is 1.39. The number of aromatic carboxylic acids is 1. The molecular weight excluding hydrogens is 226 g/mol. The molecule has 16 heavy (non-hydrogen) atoms. The molecule has 0 aromatic heterocycles. The summed E-state index contributed by atoms with van der Waals surface area (Å²) in [5.41, 5.74) is 0.525. The van der Waals surface area contributed by atoms with Crippen molar-refractivity contribution in [3.63, 3.8) is 0 Å². The molecule has 0 amide bonds. The highest BCUT2D eigenvalue weighted by molar-refractivity contribution is 6.32. The van der Waals surface area contributed by atoms with Crippen LogP contribution in [-0.4, -0.2) is 24.7 Å². The topological polar surface area (TPSA) is 49.3 Å². The van der Waals surface area contributed by atoms with Crippen LogP contribution in [0.15, 0.2) is 18.2 Å². The summed E-state index contributed by atoms with van der Waals surface area (Å²) in [4.78, 5) is 10.9. The number of benzene rings is 1. The van der Waals surface area contributed by atoms with E-state index >= 15 is 0 Å². The molecule has 0 spiro atoms. The minimum absolute atomic E-state index is 0.143. The predicted octanol–water partition coefficient (Wildman–Crippen LogP) is 2.00. The Hall–Kier alpha value is -1.50. The third kappa shape index (κ3) is 3.27. The second-order valence-electron chi connectivity index (χ2n) is 3.12. The number of carbonyl (C=O) groups is 1. The highest BCUT2D eigenvalue weighted by Crippen LogP contribution is 2.18. The molecule has 84 valence electrons. The first-order chi connectivity index (χ1) is 7.66. The van der Waals surface area contributed by atoms with Gasteiger partial charge in [-0.25, -0.2) is 4.79 Å². The van der Waals surface area contributed by atoms with Crippen LogP contribution in [0.4, 0.5) is 0 Å². The Bertz CT molecular complexity index is 446. The second kappa shape index (κ2) is 6.16. The summed E-state index contributed by atoms with van der Waals surface area (Å²) in [6, 6.07) is 4.73. The van der Waals surface area contributed by atoms with Crippen LogP contribution < -0.4 is 5.32 Å². The number of rotatable bonds is 3. The summed E-state index contributed by atoms with van der Waals surface area (Å²) in [7, 11) is 1.83. The highest BCUT2D eigenvalue weighted by Gasteiger charge is 2.10. The molecule has 0 saturated heterocycles. The zero-order valence-corrected chi connectivity index (χ0v) is 9.64. The first kappa shape index (κ1) is 12.6. The Morgan fingerprint density at radius 1 is 1.56 bits per heavy atom. The van der Waals surface area contributed by atoms with Crippen LogP contribution in [0.3, 0.4) is 0 Å². The van der Waals surface area contributed by atoms with Crippen LogP contribution >= 0.6 is 11.6 Å². The molecule has 1 aromatic rings. The fraction of sp³-hybridized carbons (Fsp3) is 0.250. The number of carboxylic acids is 1. The maximum atomic E-state index is 10.9. The standard InChI is InChI=1S/C12H12ClNO2/c1-14-8-3-2-5-9-10(12(15)16)6-4-7-11(9)13/h4,6-7,14H,3,8H2,1H3,(H,15,16). The van der Waals surface area contributed by atoms with Gasteiger partial charge in [-0.15, -0.1) is 0 Å². The van der Waals surface area contributed by atoms with E-state index in [4.69, 9.17) is 16.7 Å². The van der Waals surface area contributed by atoms with Crippen molar-refractivity contribution in [1.82, 2.24) is 5.32 Å². The molecule has 0 unspecified atom stereocenters. The van der Waals surface area contributed by atoms with Crippen LogP contribution in [-0.2, 0) is 0 Å². The minimum atomic E-state index is -1.01. The third-order valence-corrected chi connectivity index (χ3v) is 2.27. The van der Waals surface area contributed by atoms with E-state index in [1.54, 1.807) is 12.1 Å². The smallest absolute Gasteiger partial charge is 0.337 e. The average molecular weight is 238 g/mol. The van der Waals surface area contributed by atoms with Gasteiger partial charge in [-0.1, -0.05) is 29.5 Å². The summed E-state index contributed by atoms with van der Waals surface area (Å²) >= 11 is 5.90. The largest absolute Gasteiger partial charge is 0.478 e. The van der Waals surface area contributed by atoms with E-state index in [0.29, 0.717) is 17.0 Å². The molecule has 0 aliphatic carbocycles. The maximum absolute atomic E-state index is 10.9. The molecule has 0 fully saturated rings. The highest BCUT2D eigenvalue weighted by atomic mass is 35.5. The third-order valence-electron chi connectivity index (χ3n) is 1.96. The molecule has 2 N–H and O–H groups in total. The van der Waals surface area contributed by atoms with Crippen molar-refractivity contribution in [2.75, 3.05) is 13.6 Å². The van der Waals surface area contributed by atoms with Gasteiger partial charge in [0.1, 0.15) is 0 Å². The molecule has 4 heteroatoms. The molecule has 3 nitrogen and oxygen atoms in total. The van der Waals surface area contributed by atoms with Crippen molar-refractivity contribution >= 4 is 17.6 Å². The molecule has 0 bridgehead atoms. The lowest BCUT2D eigenvalue weighted by atomic mass is 10.1. The lowest BCUT2D eigenvalue weighted by Crippen LogP contribution is -2.06.